The SMILES string of the molecule is Nc1ccc(Br)cc1NC1CCC(=O)NC1=O. The minimum atomic E-state index is -0.413. The summed E-state index contributed by atoms with van der Waals surface area (Å²) in [6, 6.07) is 4.96. The Labute approximate surface area is 107 Å². The average molecular weight is 298 g/mol. The van der Waals surface area contributed by atoms with E-state index >= 15 is 0 Å². The molecule has 0 aromatic heterocycles. The monoisotopic (exact) mass is 297 g/mol. The van der Waals surface area contributed by atoms with Crippen LogP contribution in [0.2, 0.25) is 0 Å². The van der Waals surface area contributed by atoms with E-state index in [4.69, 9.17) is 5.73 Å². The molecule has 1 unspecified atom stereocenters. The summed E-state index contributed by atoms with van der Waals surface area (Å²) >= 11 is 3.34. The quantitative estimate of drug-likeness (QED) is 0.567. The highest BCUT2D eigenvalue weighted by Crippen LogP contribution is 2.25. The molecule has 1 aromatic carbocycles. The van der Waals surface area contributed by atoms with Crippen molar-refractivity contribution < 1.29 is 9.59 Å². The van der Waals surface area contributed by atoms with Crippen molar-refractivity contribution in [3.05, 3.63) is 22.7 Å². The third-order valence-electron chi connectivity index (χ3n) is 2.58. The predicted octanol–water partition coefficient (Wildman–Crippen LogP) is 1.25. The number of hydrogen-bond acceptors (Lipinski definition) is 4. The molecule has 90 valence electrons. The Morgan fingerprint density at radius 2 is 2.18 bits per heavy atom. The lowest BCUT2D eigenvalue weighted by Gasteiger charge is -2.23. The number of halogens is 1. The smallest absolute Gasteiger partial charge is 0.249 e. The number of rotatable bonds is 2. The van der Waals surface area contributed by atoms with Crippen LogP contribution < -0.4 is 16.4 Å². The van der Waals surface area contributed by atoms with E-state index in [-0.39, 0.29) is 11.8 Å². The Balaban J connectivity index is 2.13. The van der Waals surface area contributed by atoms with Crippen molar-refractivity contribution in [1.82, 2.24) is 5.32 Å². The first-order chi connectivity index (χ1) is 8.06. The summed E-state index contributed by atoms with van der Waals surface area (Å²) in [5, 5.41) is 5.33. The van der Waals surface area contributed by atoms with Crippen LogP contribution in [0.15, 0.2) is 22.7 Å². The molecule has 5 nitrogen and oxygen atoms in total. The van der Waals surface area contributed by atoms with Crippen molar-refractivity contribution >= 4 is 39.1 Å². The van der Waals surface area contributed by atoms with Crippen molar-refractivity contribution in [2.45, 2.75) is 18.9 Å². The second-order valence-corrected chi connectivity index (χ2v) is 4.80. The zero-order valence-corrected chi connectivity index (χ0v) is 10.6. The van der Waals surface area contributed by atoms with Crippen LogP contribution in [0.5, 0.6) is 0 Å². The van der Waals surface area contributed by atoms with E-state index in [9.17, 15) is 9.59 Å². The van der Waals surface area contributed by atoms with E-state index in [0.29, 0.717) is 24.2 Å². The maximum atomic E-state index is 11.6. The third-order valence-corrected chi connectivity index (χ3v) is 3.08. The molecular formula is C11H12BrN3O2. The first-order valence-electron chi connectivity index (χ1n) is 5.21. The molecule has 0 bridgehead atoms. The molecule has 1 saturated heterocycles. The molecule has 2 amide bonds. The lowest BCUT2D eigenvalue weighted by Crippen LogP contribution is -2.47. The van der Waals surface area contributed by atoms with Crippen molar-refractivity contribution in [2.75, 3.05) is 11.1 Å². The van der Waals surface area contributed by atoms with Crippen LogP contribution in [0, 0.1) is 0 Å². The van der Waals surface area contributed by atoms with Gasteiger partial charge in [-0.1, -0.05) is 15.9 Å². The van der Waals surface area contributed by atoms with Gasteiger partial charge >= 0.3 is 0 Å². The van der Waals surface area contributed by atoms with Crippen LogP contribution in [0.1, 0.15) is 12.8 Å². The molecule has 17 heavy (non-hydrogen) atoms. The fourth-order valence-corrected chi connectivity index (χ4v) is 2.03. The highest BCUT2D eigenvalue weighted by molar-refractivity contribution is 9.10. The minimum absolute atomic E-state index is 0.227. The summed E-state index contributed by atoms with van der Waals surface area (Å²) in [5.74, 6) is -0.532. The molecule has 1 fully saturated rings. The highest BCUT2D eigenvalue weighted by atomic mass is 79.9. The van der Waals surface area contributed by atoms with Gasteiger partial charge in [0, 0.05) is 10.9 Å². The van der Waals surface area contributed by atoms with Crippen LogP contribution in [-0.2, 0) is 9.59 Å². The number of carbonyl (C=O) groups excluding carboxylic acids is 2. The number of imide groups is 1. The molecule has 0 spiro atoms. The lowest BCUT2D eigenvalue weighted by atomic mass is 10.1. The zero-order chi connectivity index (χ0) is 12.4. The van der Waals surface area contributed by atoms with Gasteiger partial charge < -0.3 is 11.1 Å². The molecule has 1 aliphatic rings. The standard InChI is InChI=1S/C11H12BrN3O2/c12-6-1-2-7(13)9(5-6)14-8-3-4-10(16)15-11(8)17/h1-2,5,8,14H,3-4,13H2,(H,15,16,17). The summed E-state index contributed by atoms with van der Waals surface area (Å²) in [7, 11) is 0. The van der Waals surface area contributed by atoms with Gasteiger partial charge in [0.25, 0.3) is 0 Å². The van der Waals surface area contributed by atoms with Crippen molar-refractivity contribution in [3.8, 4) is 0 Å². The number of nitrogens with two attached hydrogens (primary N) is 1. The topological polar surface area (TPSA) is 84.2 Å². The minimum Gasteiger partial charge on any atom is -0.397 e. The number of piperidine rings is 1. The molecule has 1 aliphatic heterocycles. The van der Waals surface area contributed by atoms with Gasteiger partial charge in [0.15, 0.2) is 0 Å². The number of hydrogen-bond donors (Lipinski definition) is 3. The molecule has 1 heterocycles. The van der Waals surface area contributed by atoms with E-state index in [1.54, 1.807) is 12.1 Å². The molecular weight excluding hydrogens is 286 g/mol. The molecule has 1 aromatic rings. The van der Waals surface area contributed by atoms with Crippen LogP contribution >= 0.6 is 15.9 Å². The molecule has 0 aliphatic carbocycles. The van der Waals surface area contributed by atoms with E-state index in [0.717, 1.165) is 4.47 Å². The molecule has 4 N–H and O–H groups in total. The van der Waals surface area contributed by atoms with Gasteiger partial charge in [-0.05, 0) is 24.6 Å². The van der Waals surface area contributed by atoms with Gasteiger partial charge in [-0.25, -0.2) is 0 Å². The van der Waals surface area contributed by atoms with Crippen molar-refractivity contribution in [2.24, 2.45) is 0 Å². The van der Waals surface area contributed by atoms with Crippen molar-refractivity contribution in [1.29, 1.82) is 0 Å². The Morgan fingerprint density at radius 1 is 1.41 bits per heavy atom. The molecule has 6 heteroatoms. The van der Waals surface area contributed by atoms with Crippen molar-refractivity contribution in [3.63, 3.8) is 0 Å². The average Bonchev–Trinajstić information content (AvgIpc) is 2.27. The molecule has 1 atom stereocenters. The number of amides is 2. The van der Waals surface area contributed by atoms with Gasteiger partial charge in [0.2, 0.25) is 11.8 Å². The van der Waals surface area contributed by atoms with Crippen LogP contribution in [-0.4, -0.2) is 17.9 Å². The van der Waals surface area contributed by atoms with E-state index < -0.39 is 6.04 Å². The summed E-state index contributed by atoms with van der Waals surface area (Å²) in [6.07, 6.45) is 0.827. The molecule has 2 rings (SSSR count). The number of anilines is 2. The van der Waals surface area contributed by atoms with Gasteiger partial charge in [-0.3, -0.25) is 14.9 Å². The zero-order valence-electron chi connectivity index (χ0n) is 9.00. The summed E-state index contributed by atoms with van der Waals surface area (Å²) < 4.78 is 0.876. The Bertz CT molecular complexity index is 476. The Kier molecular flexibility index (Phi) is 3.33. The maximum absolute atomic E-state index is 11.6. The summed E-state index contributed by atoms with van der Waals surface area (Å²) in [4.78, 5) is 22.6. The number of nitrogen functional groups attached to an aromatic ring is 1. The normalized spacial score (nSPS) is 19.9. The summed E-state index contributed by atoms with van der Waals surface area (Å²) in [5.41, 5.74) is 7.05. The predicted molar refractivity (Wildman–Crippen MR) is 68.3 cm³/mol. The van der Waals surface area contributed by atoms with Gasteiger partial charge in [-0.15, -0.1) is 0 Å². The second kappa shape index (κ2) is 4.75. The number of carbonyl (C=O) groups is 2. The first kappa shape index (κ1) is 11.9. The first-order valence-corrected chi connectivity index (χ1v) is 6.01. The highest BCUT2D eigenvalue weighted by Gasteiger charge is 2.26. The molecule has 0 radical (unpaired) electrons. The summed E-state index contributed by atoms with van der Waals surface area (Å²) in [6.45, 7) is 0. The van der Waals surface area contributed by atoms with Crippen LogP contribution in [0.3, 0.4) is 0 Å². The van der Waals surface area contributed by atoms with E-state index in [2.05, 4.69) is 26.6 Å². The maximum Gasteiger partial charge on any atom is 0.249 e. The number of nitrogens with one attached hydrogen (secondary N) is 2. The fourth-order valence-electron chi connectivity index (χ4n) is 1.67. The van der Waals surface area contributed by atoms with E-state index in [1.165, 1.54) is 0 Å². The fraction of sp³-hybridized carbons (Fsp3) is 0.273. The Morgan fingerprint density at radius 3 is 2.88 bits per heavy atom. The molecule has 0 saturated carbocycles. The van der Waals surface area contributed by atoms with Gasteiger partial charge in [0.1, 0.15) is 6.04 Å². The lowest BCUT2D eigenvalue weighted by molar-refractivity contribution is -0.133. The van der Waals surface area contributed by atoms with Crippen LogP contribution in [0.4, 0.5) is 11.4 Å². The Hall–Kier alpha value is -1.56. The van der Waals surface area contributed by atoms with Gasteiger partial charge in [0.05, 0.1) is 11.4 Å². The van der Waals surface area contributed by atoms with Crippen LogP contribution in [0.25, 0.3) is 0 Å². The second-order valence-electron chi connectivity index (χ2n) is 3.88. The number of benzene rings is 1. The van der Waals surface area contributed by atoms with E-state index in [1.807, 2.05) is 6.07 Å². The largest absolute Gasteiger partial charge is 0.397 e. The van der Waals surface area contributed by atoms with Gasteiger partial charge in [-0.2, -0.15) is 0 Å². The third kappa shape index (κ3) is 2.76.